The van der Waals surface area contributed by atoms with Gasteiger partial charge in [-0.05, 0) is 44.5 Å². The summed E-state index contributed by atoms with van der Waals surface area (Å²) in [5, 5.41) is 3.49. The minimum Gasteiger partial charge on any atom is -0.312 e. The van der Waals surface area contributed by atoms with Crippen LogP contribution in [-0.2, 0) is 0 Å². The standard InChI is InChI=1S/C18H32N2/c1-7-14(3)12-20(8-2)13-18(19-6)17-10-9-15(4)11-16(17)5/h9-11,14,18-19H,7-8,12-13H2,1-6H3. The summed E-state index contributed by atoms with van der Waals surface area (Å²) in [6, 6.07) is 7.20. The van der Waals surface area contributed by atoms with Crippen LogP contribution in [0.25, 0.3) is 0 Å². The van der Waals surface area contributed by atoms with Gasteiger partial charge in [0.2, 0.25) is 0 Å². The molecule has 0 spiro atoms. The van der Waals surface area contributed by atoms with E-state index in [-0.39, 0.29) is 0 Å². The van der Waals surface area contributed by atoms with E-state index in [2.05, 4.69) is 70.1 Å². The lowest BCUT2D eigenvalue weighted by atomic mass is 9.98. The molecule has 0 aliphatic heterocycles. The molecule has 0 heterocycles. The van der Waals surface area contributed by atoms with Crippen LogP contribution >= 0.6 is 0 Å². The van der Waals surface area contributed by atoms with Crippen LogP contribution in [-0.4, -0.2) is 31.6 Å². The van der Waals surface area contributed by atoms with E-state index in [1.807, 2.05) is 0 Å². The normalized spacial score (nSPS) is 14.6. The highest BCUT2D eigenvalue weighted by Gasteiger charge is 2.16. The minimum absolute atomic E-state index is 0.416. The molecule has 2 nitrogen and oxygen atoms in total. The second kappa shape index (κ2) is 8.43. The zero-order chi connectivity index (χ0) is 15.1. The first-order valence-electron chi connectivity index (χ1n) is 7.98. The van der Waals surface area contributed by atoms with Gasteiger partial charge in [-0.3, -0.25) is 0 Å². The summed E-state index contributed by atoms with van der Waals surface area (Å²) in [5.74, 6) is 0.770. The molecule has 2 unspecified atom stereocenters. The Morgan fingerprint density at radius 3 is 2.35 bits per heavy atom. The van der Waals surface area contributed by atoms with Crippen LogP contribution in [0, 0.1) is 19.8 Å². The van der Waals surface area contributed by atoms with Crippen molar-refractivity contribution in [3.05, 3.63) is 34.9 Å². The Morgan fingerprint density at radius 1 is 1.15 bits per heavy atom. The monoisotopic (exact) mass is 276 g/mol. The second-order valence-corrected chi connectivity index (χ2v) is 6.07. The molecule has 114 valence electrons. The predicted octanol–water partition coefficient (Wildman–Crippen LogP) is 3.93. The van der Waals surface area contributed by atoms with Crippen molar-refractivity contribution in [2.45, 2.75) is 47.1 Å². The largest absolute Gasteiger partial charge is 0.312 e. The number of benzene rings is 1. The fourth-order valence-corrected chi connectivity index (χ4v) is 2.72. The van der Waals surface area contributed by atoms with Gasteiger partial charge in [-0.1, -0.05) is 51.0 Å². The molecule has 0 saturated heterocycles. The molecule has 0 bridgehead atoms. The highest BCUT2D eigenvalue weighted by atomic mass is 15.1. The molecular formula is C18H32N2. The molecule has 0 fully saturated rings. The Morgan fingerprint density at radius 2 is 1.85 bits per heavy atom. The second-order valence-electron chi connectivity index (χ2n) is 6.07. The summed E-state index contributed by atoms with van der Waals surface area (Å²) >= 11 is 0. The maximum Gasteiger partial charge on any atom is 0.0449 e. The van der Waals surface area contributed by atoms with Gasteiger partial charge in [0, 0.05) is 19.1 Å². The summed E-state index contributed by atoms with van der Waals surface area (Å²) in [6.45, 7) is 14.7. The number of aryl methyl sites for hydroxylation is 2. The maximum atomic E-state index is 3.49. The zero-order valence-corrected chi connectivity index (χ0v) is 14.2. The third kappa shape index (κ3) is 4.92. The van der Waals surface area contributed by atoms with Crippen LogP contribution in [0.15, 0.2) is 18.2 Å². The summed E-state index contributed by atoms with van der Waals surface area (Å²) in [5.41, 5.74) is 4.16. The topological polar surface area (TPSA) is 15.3 Å². The molecule has 0 aliphatic carbocycles. The van der Waals surface area contributed by atoms with Crippen LogP contribution in [0.2, 0.25) is 0 Å². The molecular weight excluding hydrogens is 244 g/mol. The van der Waals surface area contributed by atoms with Crippen LogP contribution in [0.3, 0.4) is 0 Å². The van der Waals surface area contributed by atoms with E-state index in [4.69, 9.17) is 0 Å². The lowest BCUT2D eigenvalue weighted by Gasteiger charge is -2.29. The van der Waals surface area contributed by atoms with Crippen LogP contribution in [0.4, 0.5) is 0 Å². The number of hydrogen-bond acceptors (Lipinski definition) is 2. The number of likely N-dealkylation sites (N-methyl/N-ethyl adjacent to an activating group) is 2. The Hall–Kier alpha value is -0.860. The summed E-state index contributed by atoms with van der Waals surface area (Å²) in [7, 11) is 2.07. The molecule has 2 heteroatoms. The van der Waals surface area contributed by atoms with Crippen molar-refractivity contribution < 1.29 is 0 Å². The molecule has 1 aromatic rings. The van der Waals surface area contributed by atoms with E-state index in [0.29, 0.717) is 6.04 Å². The zero-order valence-electron chi connectivity index (χ0n) is 14.2. The molecule has 1 N–H and O–H groups in total. The molecule has 0 amide bonds. The number of nitrogens with one attached hydrogen (secondary N) is 1. The third-order valence-electron chi connectivity index (χ3n) is 4.30. The minimum atomic E-state index is 0.416. The van der Waals surface area contributed by atoms with Gasteiger partial charge in [0.15, 0.2) is 0 Å². The maximum absolute atomic E-state index is 3.49. The van der Waals surface area contributed by atoms with E-state index < -0.39 is 0 Å². The van der Waals surface area contributed by atoms with Gasteiger partial charge in [-0.25, -0.2) is 0 Å². The van der Waals surface area contributed by atoms with Crippen molar-refractivity contribution in [3.8, 4) is 0 Å². The molecule has 0 radical (unpaired) electrons. The van der Waals surface area contributed by atoms with E-state index in [1.165, 1.54) is 29.7 Å². The average Bonchev–Trinajstić information content (AvgIpc) is 2.43. The van der Waals surface area contributed by atoms with Crippen LogP contribution in [0.1, 0.15) is 49.9 Å². The Kier molecular flexibility index (Phi) is 7.25. The first-order valence-corrected chi connectivity index (χ1v) is 7.98. The Labute approximate surface area is 125 Å². The van der Waals surface area contributed by atoms with Crippen molar-refractivity contribution in [1.29, 1.82) is 0 Å². The van der Waals surface area contributed by atoms with Gasteiger partial charge in [0.25, 0.3) is 0 Å². The Bertz CT molecular complexity index is 400. The highest BCUT2D eigenvalue weighted by Crippen LogP contribution is 2.20. The predicted molar refractivity (Wildman–Crippen MR) is 89.3 cm³/mol. The fourth-order valence-electron chi connectivity index (χ4n) is 2.72. The molecule has 0 aliphatic rings. The van der Waals surface area contributed by atoms with E-state index in [9.17, 15) is 0 Å². The first kappa shape index (κ1) is 17.2. The van der Waals surface area contributed by atoms with Gasteiger partial charge in [-0.15, -0.1) is 0 Å². The van der Waals surface area contributed by atoms with Crippen LogP contribution < -0.4 is 5.32 Å². The SMILES string of the molecule is CCC(C)CN(CC)CC(NC)c1ccc(C)cc1C. The van der Waals surface area contributed by atoms with Crippen molar-refractivity contribution in [3.63, 3.8) is 0 Å². The quantitative estimate of drug-likeness (QED) is 0.774. The van der Waals surface area contributed by atoms with Crippen molar-refractivity contribution in [2.24, 2.45) is 5.92 Å². The lowest BCUT2D eigenvalue weighted by Crippen LogP contribution is -2.36. The summed E-state index contributed by atoms with van der Waals surface area (Å²) in [6.07, 6.45) is 1.25. The van der Waals surface area contributed by atoms with Crippen molar-refractivity contribution in [1.82, 2.24) is 10.2 Å². The van der Waals surface area contributed by atoms with Gasteiger partial charge >= 0.3 is 0 Å². The van der Waals surface area contributed by atoms with Crippen molar-refractivity contribution >= 4 is 0 Å². The summed E-state index contributed by atoms with van der Waals surface area (Å²) < 4.78 is 0. The smallest absolute Gasteiger partial charge is 0.0449 e. The summed E-state index contributed by atoms with van der Waals surface area (Å²) in [4.78, 5) is 2.56. The fraction of sp³-hybridized carbons (Fsp3) is 0.667. The number of rotatable bonds is 8. The van der Waals surface area contributed by atoms with E-state index in [0.717, 1.165) is 19.0 Å². The number of nitrogens with zero attached hydrogens (tertiary/aromatic N) is 1. The molecule has 1 rings (SSSR count). The van der Waals surface area contributed by atoms with Gasteiger partial charge < -0.3 is 10.2 Å². The van der Waals surface area contributed by atoms with E-state index in [1.54, 1.807) is 0 Å². The lowest BCUT2D eigenvalue weighted by molar-refractivity contribution is 0.223. The van der Waals surface area contributed by atoms with Crippen molar-refractivity contribution in [2.75, 3.05) is 26.7 Å². The molecule has 0 aromatic heterocycles. The average molecular weight is 276 g/mol. The van der Waals surface area contributed by atoms with Crippen LogP contribution in [0.5, 0.6) is 0 Å². The molecule has 1 aromatic carbocycles. The highest BCUT2D eigenvalue weighted by molar-refractivity contribution is 5.33. The number of hydrogen-bond donors (Lipinski definition) is 1. The molecule has 0 saturated carbocycles. The van der Waals surface area contributed by atoms with Gasteiger partial charge in [0.05, 0.1) is 0 Å². The first-order chi connectivity index (χ1) is 9.51. The molecule has 2 atom stereocenters. The third-order valence-corrected chi connectivity index (χ3v) is 4.30. The van der Waals surface area contributed by atoms with Gasteiger partial charge in [-0.2, -0.15) is 0 Å². The van der Waals surface area contributed by atoms with E-state index >= 15 is 0 Å². The molecule has 20 heavy (non-hydrogen) atoms. The van der Waals surface area contributed by atoms with Gasteiger partial charge in [0.1, 0.15) is 0 Å². The Balaban J connectivity index is 2.79.